The van der Waals surface area contributed by atoms with Gasteiger partial charge in [0.2, 0.25) is 11.6 Å². The fourth-order valence-electron chi connectivity index (χ4n) is 6.29. The summed E-state index contributed by atoms with van der Waals surface area (Å²) >= 11 is 0. The van der Waals surface area contributed by atoms with Crippen LogP contribution in [0.5, 0.6) is 0 Å². The Bertz CT molecular complexity index is 2620. The number of hydrogen-bond donors (Lipinski definition) is 0. The Morgan fingerprint density at radius 1 is 0.519 bits per heavy atom. The number of nitrogens with zero attached hydrogens (tertiary/aromatic N) is 8. The molecule has 5 aromatic rings. The predicted octanol–water partition coefficient (Wildman–Crippen LogP) is 6.24. The summed E-state index contributed by atoms with van der Waals surface area (Å²) in [5.41, 5.74) is -6.48. The first kappa shape index (κ1) is 33.3. The van der Waals surface area contributed by atoms with E-state index in [1.54, 1.807) is 12.1 Å². The van der Waals surface area contributed by atoms with E-state index in [1.165, 1.54) is 0 Å². The van der Waals surface area contributed by atoms with Gasteiger partial charge in [0.15, 0.2) is 46.5 Å². The Labute approximate surface area is 282 Å². The molecule has 18 heteroatoms. The molecule has 0 aliphatic heterocycles. The van der Waals surface area contributed by atoms with Crippen molar-refractivity contribution in [3.63, 3.8) is 0 Å². The summed E-state index contributed by atoms with van der Waals surface area (Å²) in [5, 5.41) is 19.6. The molecule has 0 atom stereocenters. The molecule has 3 aromatic carbocycles. The van der Waals surface area contributed by atoms with Crippen molar-refractivity contribution < 1.29 is 43.9 Å². The number of rotatable bonds is 2. The summed E-state index contributed by atoms with van der Waals surface area (Å²) in [4.78, 5) is 23.0. The number of aromatic nitrogens is 4. The van der Waals surface area contributed by atoms with Crippen molar-refractivity contribution in [2.45, 2.75) is 12.8 Å². The van der Waals surface area contributed by atoms with E-state index in [-0.39, 0.29) is 55.5 Å². The minimum atomic E-state index is -2.41. The molecule has 0 amide bonds. The molecule has 52 heavy (non-hydrogen) atoms. The zero-order chi connectivity index (χ0) is 37.5. The molecule has 2 aliphatic carbocycles. The average Bonchev–Trinajstić information content (AvgIpc) is 3.71. The first-order valence-electron chi connectivity index (χ1n) is 14.1. The molecule has 0 fully saturated rings. The average molecular weight is 716 g/mol. The molecule has 0 N–H and O–H groups in total. The van der Waals surface area contributed by atoms with Crippen LogP contribution in [0, 0.1) is 94.0 Å². The second kappa shape index (κ2) is 11.7. The Kier molecular flexibility index (Phi) is 7.51. The highest BCUT2D eigenvalue weighted by Gasteiger charge is 2.36. The molecule has 0 radical (unpaired) electrons. The third kappa shape index (κ3) is 4.38. The quantitative estimate of drug-likeness (QED) is 0.0909. The number of benzene rings is 3. The topological polar surface area (TPSA) is 108 Å². The Morgan fingerprint density at radius 3 is 1.17 bits per heavy atom. The monoisotopic (exact) mass is 716 g/mol. The van der Waals surface area contributed by atoms with Crippen molar-refractivity contribution in [2.24, 2.45) is 0 Å². The van der Waals surface area contributed by atoms with Crippen LogP contribution >= 0.6 is 0 Å². The van der Waals surface area contributed by atoms with E-state index >= 15 is 0 Å². The first-order chi connectivity index (χ1) is 24.8. The van der Waals surface area contributed by atoms with Gasteiger partial charge in [-0.2, -0.15) is 0 Å². The second-order valence-corrected chi connectivity index (χ2v) is 10.9. The van der Waals surface area contributed by atoms with Gasteiger partial charge in [-0.05, 0) is 11.1 Å². The van der Waals surface area contributed by atoms with Crippen molar-refractivity contribution in [3.8, 4) is 57.2 Å². The SMILES string of the molecule is [C-]#[N+]C(C#N)=c1c2c(c(=C(C#N)[N+]#[C-])c3c1Cc1nc(-c4c(F)c(F)c(F)c(F)c4F)cnc1-3)-c1ncc(-c3c(F)c(F)c(F)c(F)c3F)nc1C2. The molecule has 8 nitrogen and oxygen atoms in total. The van der Waals surface area contributed by atoms with Crippen molar-refractivity contribution in [3.05, 3.63) is 126 Å². The lowest BCUT2D eigenvalue weighted by Crippen LogP contribution is -2.26. The number of halogens is 10. The van der Waals surface area contributed by atoms with Crippen LogP contribution in [0.25, 0.3) is 66.1 Å². The lowest BCUT2D eigenvalue weighted by atomic mass is 9.92. The highest BCUT2D eigenvalue weighted by atomic mass is 19.2. The minimum absolute atomic E-state index is 0.0232. The van der Waals surface area contributed by atoms with E-state index in [9.17, 15) is 54.4 Å². The molecule has 0 saturated heterocycles. The van der Waals surface area contributed by atoms with Gasteiger partial charge in [-0.25, -0.2) is 74.1 Å². The van der Waals surface area contributed by atoms with Crippen LogP contribution in [-0.4, -0.2) is 19.9 Å². The largest absolute Gasteiger partial charge is 0.270 e. The molecule has 2 aromatic heterocycles. The van der Waals surface area contributed by atoms with E-state index in [1.807, 2.05) is 0 Å². The smallest absolute Gasteiger partial charge is 0.252 e. The summed E-state index contributed by atoms with van der Waals surface area (Å²) in [7, 11) is 0. The normalized spacial score (nSPS) is 11.8. The maximum atomic E-state index is 14.7. The fourth-order valence-corrected chi connectivity index (χ4v) is 6.29. The molecule has 252 valence electrons. The van der Waals surface area contributed by atoms with Crippen LogP contribution < -0.4 is 10.4 Å². The summed E-state index contributed by atoms with van der Waals surface area (Å²) in [6.07, 6.45) is 0.475. The van der Waals surface area contributed by atoms with E-state index in [4.69, 9.17) is 13.1 Å². The van der Waals surface area contributed by atoms with E-state index in [2.05, 4.69) is 29.6 Å². The zero-order valence-electron chi connectivity index (χ0n) is 24.9. The lowest BCUT2D eigenvalue weighted by Gasteiger charge is -2.12. The summed E-state index contributed by atoms with van der Waals surface area (Å²) in [6, 6.07) is 3.41. The maximum absolute atomic E-state index is 14.7. The Hall–Kier alpha value is -7.18. The molecule has 0 saturated carbocycles. The van der Waals surface area contributed by atoms with E-state index in [0.717, 1.165) is 0 Å². The van der Waals surface area contributed by atoms with Gasteiger partial charge in [-0.3, -0.25) is 9.97 Å². The molecule has 2 aliphatic rings. The fraction of sp³-hybridized carbons (Fsp3) is 0.0588. The van der Waals surface area contributed by atoms with Gasteiger partial charge in [-0.15, -0.1) is 0 Å². The van der Waals surface area contributed by atoms with Crippen molar-refractivity contribution in [1.82, 2.24) is 19.9 Å². The Morgan fingerprint density at radius 2 is 0.846 bits per heavy atom. The zero-order valence-corrected chi connectivity index (χ0v) is 24.9. The standard InChI is InChI=1S/C34H6F10N8/c1-47-13(5-45)17-9-3-11-33(49-7-15(51-11)21-23(35)27(39)31(43)28(40)24(21)36)18(9)20(14(6-46)48-2)19-10(17)4-12-34(19)50-8-16(52-12)22-25(37)29(41)32(44)30(42)26(22)38/h7-8H,3-4H2. The summed E-state index contributed by atoms with van der Waals surface area (Å²) < 4.78 is 143. The molecule has 7 rings (SSSR count). The van der Waals surface area contributed by atoms with Crippen LogP contribution in [0.2, 0.25) is 0 Å². The second-order valence-electron chi connectivity index (χ2n) is 10.9. The van der Waals surface area contributed by atoms with E-state index < -0.39 is 105 Å². The summed E-state index contributed by atoms with van der Waals surface area (Å²) in [6.45, 7) is 15.4. The van der Waals surface area contributed by atoms with Gasteiger partial charge < -0.3 is 0 Å². The number of nitriles is 2. The Balaban J connectivity index is 1.56. The van der Waals surface area contributed by atoms with Crippen LogP contribution in [0.4, 0.5) is 43.9 Å². The maximum Gasteiger partial charge on any atom is 0.270 e. The molecule has 0 spiro atoms. The van der Waals surface area contributed by atoms with E-state index in [0.29, 0.717) is 12.4 Å². The highest BCUT2D eigenvalue weighted by Crippen LogP contribution is 2.41. The van der Waals surface area contributed by atoms with Crippen LogP contribution in [0.15, 0.2) is 12.4 Å². The van der Waals surface area contributed by atoms with Gasteiger partial charge in [-0.1, -0.05) is 0 Å². The van der Waals surface area contributed by atoms with Gasteiger partial charge in [0.05, 0.1) is 83.0 Å². The highest BCUT2D eigenvalue weighted by molar-refractivity contribution is 5.91. The molecule has 0 bridgehead atoms. The predicted molar refractivity (Wildman–Crippen MR) is 155 cm³/mol. The van der Waals surface area contributed by atoms with Crippen LogP contribution in [-0.2, 0) is 12.8 Å². The lowest BCUT2D eigenvalue weighted by molar-refractivity contribution is 0.381. The third-order valence-electron chi connectivity index (χ3n) is 8.40. The van der Waals surface area contributed by atoms with Crippen LogP contribution in [0.1, 0.15) is 22.5 Å². The first-order valence-corrected chi connectivity index (χ1v) is 14.1. The van der Waals surface area contributed by atoms with Gasteiger partial charge in [0.25, 0.3) is 11.4 Å². The van der Waals surface area contributed by atoms with Gasteiger partial charge in [0, 0.05) is 34.4 Å². The number of hydrogen-bond acceptors (Lipinski definition) is 6. The molecule has 0 unspecified atom stereocenters. The molecule has 2 heterocycles. The van der Waals surface area contributed by atoms with Crippen molar-refractivity contribution in [1.29, 1.82) is 10.5 Å². The van der Waals surface area contributed by atoms with Crippen molar-refractivity contribution >= 4 is 11.4 Å². The van der Waals surface area contributed by atoms with Gasteiger partial charge >= 0.3 is 0 Å². The number of fused-ring (bicyclic) bond motifs is 6. The van der Waals surface area contributed by atoms with Crippen molar-refractivity contribution in [2.75, 3.05) is 0 Å². The van der Waals surface area contributed by atoms with Crippen LogP contribution in [0.3, 0.4) is 0 Å². The molecular weight excluding hydrogens is 710 g/mol. The summed E-state index contributed by atoms with van der Waals surface area (Å²) in [5.74, 6) is -22.6. The minimum Gasteiger partial charge on any atom is -0.252 e. The third-order valence-corrected chi connectivity index (χ3v) is 8.40. The molecular formula is C34H6F10N8. The van der Waals surface area contributed by atoms with Gasteiger partial charge in [0.1, 0.15) is 0 Å².